The third kappa shape index (κ3) is 7.02. The molecule has 0 aliphatic carbocycles. The first-order chi connectivity index (χ1) is 14.9. The number of aryl methyl sites for hydroxylation is 1. The molecule has 0 aromatic heterocycles. The molecule has 0 saturated heterocycles. The quantitative estimate of drug-likeness (QED) is 0.590. The van der Waals surface area contributed by atoms with Crippen molar-refractivity contribution in [1.82, 2.24) is 10.2 Å². The summed E-state index contributed by atoms with van der Waals surface area (Å²) in [5.74, 6) is 1.09. The van der Waals surface area contributed by atoms with Crippen LogP contribution in [0.3, 0.4) is 0 Å². The van der Waals surface area contributed by atoms with Gasteiger partial charge in [-0.05, 0) is 49.9 Å². The number of hydrogen-bond donors (Lipinski definition) is 1. The Hall–Kier alpha value is -3.02. The molecule has 0 saturated carbocycles. The summed E-state index contributed by atoms with van der Waals surface area (Å²) in [4.78, 5) is 27.6. The number of nitrogens with one attached hydrogen (secondary N) is 1. The molecule has 2 aromatic carbocycles. The van der Waals surface area contributed by atoms with Gasteiger partial charge < -0.3 is 19.7 Å². The molecule has 2 aromatic rings. The third-order valence-electron chi connectivity index (χ3n) is 5.44. The molecular formula is C25H34N2O4. The van der Waals surface area contributed by atoms with Crippen LogP contribution in [0.2, 0.25) is 0 Å². The Labute approximate surface area is 185 Å². The number of rotatable bonds is 11. The highest BCUT2D eigenvalue weighted by molar-refractivity contribution is 5.87. The standard InChI is InChI=1S/C25H34N2O4/c1-6-18(2)26-25(29)19(3)27(17-21-10-8-7-9-11-21)24(28)15-13-20-12-14-22(30-4)23(16-20)31-5/h7-12,14,16,18-19H,6,13,15,17H2,1-5H3,(H,26,29)/t18-,19+/m1/s1. The highest BCUT2D eigenvalue weighted by Crippen LogP contribution is 2.28. The van der Waals surface area contributed by atoms with Gasteiger partial charge in [0.15, 0.2) is 11.5 Å². The average molecular weight is 427 g/mol. The van der Waals surface area contributed by atoms with E-state index in [4.69, 9.17) is 9.47 Å². The average Bonchev–Trinajstić information content (AvgIpc) is 2.80. The van der Waals surface area contributed by atoms with Crippen molar-refractivity contribution in [3.63, 3.8) is 0 Å². The van der Waals surface area contributed by atoms with Gasteiger partial charge in [-0.2, -0.15) is 0 Å². The number of ether oxygens (including phenoxy) is 2. The van der Waals surface area contributed by atoms with Crippen LogP contribution in [0.25, 0.3) is 0 Å². The second-order valence-electron chi connectivity index (χ2n) is 7.69. The molecule has 1 N–H and O–H groups in total. The predicted molar refractivity (Wildman–Crippen MR) is 122 cm³/mol. The molecule has 2 rings (SSSR count). The predicted octanol–water partition coefficient (Wildman–Crippen LogP) is 3.97. The summed E-state index contributed by atoms with van der Waals surface area (Å²) in [6, 6.07) is 14.9. The minimum absolute atomic E-state index is 0.0644. The first-order valence-electron chi connectivity index (χ1n) is 10.7. The Balaban J connectivity index is 2.14. The molecule has 0 radical (unpaired) electrons. The van der Waals surface area contributed by atoms with Crippen LogP contribution in [0.5, 0.6) is 11.5 Å². The highest BCUT2D eigenvalue weighted by atomic mass is 16.5. The molecule has 0 aliphatic rings. The van der Waals surface area contributed by atoms with E-state index < -0.39 is 6.04 Å². The zero-order chi connectivity index (χ0) is 22.8. The zero-order valence-electron chi connectivity index (χ0n) is 19.2. The maximum absolute atomic E-state index is 13.2. The summed E-state index contributed by atoms with van der Waals surface area (Å²) in [6.45, 7) is 6.16. The van der Waals surface area contributed by atoms with E-state index in [9.17, 15) is 9.59 Å². The van der Waals surface area contributed by atoms with Crippen LogP contribution in [-0.4, -0.2) is 43.0 Å². The van der Waals surface area contributed by atoms with Crippen molar-refractivity contribution in [2.75, 3.05) is 14.2 Å². The maximum Gasteiger partial charge on any atom is 0.242 e. The van der Waals surface area contributed by atoms with Gasteiger partial charge in [-0.15, -0.1) is 0 Å². The van der Waals surface area contributed by atoms with E-state index in [1.54, 1.807) is 26.0 Å². The number of amides is 2. The summed E-state index contributed by atoms with van der Waals surface area (Å²) in [5, 5.41) is 2.99. The SMILES string of the molecule is CC[C@@H](C)NC(=O)[C@H](C)N(Cc1ccccc1)C(=O)CCc1ccc(OC)c(OC)c1. The lowest BCUT2D eigenvalue weighted by Gasteiger charge is -2.30. The third-order valence-corrected chi connectivity index (χ3v) is 5.44. The van der Waals surface area contributed by atoms with Gasteiger partial charge in [0.1, 0.15) is 6.04 Å². The lowest BCUT2D eigenvalue weighted by Crippen LogP contribution is -2.49. The topological polar surface area (TPSA) is 67.9 Å². The fourth-order valence-corrected chi connectivity index (χ4v) is 3.26. The molecular weight excluding hydrogens is 392 g/mol. The minimum Gasteiger partial charge on any atom is -0.493 e. The molecule has 0 heterocycles. The molecule has 2 atom stereocenters. The van der Waals surface area contributed by atoms with E-state index in [1.165, 1.54) is 0 Å². The van der Waals surface area contributed by atoms with Crippen LogP contribution >= 0.6 is 0 Å². The molecule has 6 heteroatoms. The maximum atomic E-state index is 13.2. The number of nitrogens with zero attached hydrogens (tertiary/aromatic N) is 1. The van der Waals surface area contributed by atoms with E-state index in [1.807, 2.05) is 62.4 Å². The van der Waals surface area contributed by atoms with Crippen molar-refractivity contribution in [3.05, 3.63) is 59.7 Å². The summed E-state index contributed by atoms with van der Waals surface area (Å²) >= 11 is 0. The fourth-order valence-electron chi connectivity index (χ4n) is 3.26. The van der Waals surface area contributed by atoms with Crippen molar-refractivity contribution in [1.29, 1.82) is 0 Å². The van der Waals surface area contributed by atoms with Gasteiger partial charge in [0.2, 0.25) is 11.8 Å². The van der Waals surface area contributed by atoms with E-state index in [0.717, 1.165) is 17.5 Å². The van der Waals surface area contributed by atoms with Gasteiger partial charge in [0.25, 0.3) is 0 Å². The molecule has 0 fully saturated rings. The van der Waals surface area contributed by atoms with Crippen molar-refractivity contribution in [2.45, 2.75) is 58.7 Å². The summed E-state index contributed by atoms with van der Waals surface area (Å²) < 4.78 is 10.6. The Kier molecular flexibility index (Phi) is 9.38. The zero-order valence-corrected chi connectivity index (χ0v) is 19.2. The smallest absolute Gasteiger partial charge is 0.242 e. The second kappa shape index (κ2) is 12.0. The molecule has 2 amide bonds. The first kappa shape index (κ1) is 24.3. The van der Waals surface area contributed by atoms with E-state index in [-0.39, 0.29) is 17.9 Å². The van der Waals surface area contributed by atoms with Gasteiger partial charge in [0, 0.05) is 19.0 Å². The fraction of sp³-hybridized carbons (Fsp3) is 0.440. The molecule has 0 unspecified atom stereocenters. The molecule has 6 nitrogen and oxygen atoms in total. The van der Waals surface area contributed by atoms with E-state index in [0.29, 0.717) is 30.9 Å². The number of benzene rings is 2. The second-order valence-corrected chi connectivity index (χ2v) is 7.69. The Morgan fingerprint density at radius 3 is 2.26 bits per heavy atom. The van der Waals surface area contributed by atoms with Gasteiger partial charge in [-0.1, -0.05) is 43.3 Å². The van der Waals surface area contributed by atoms with Crippen LogP contribution in [-0.2, 0) is 22.6 Å². The summed E-state index contributed by atoms with van der Waals surface area (Å²) in [5.41, 5.74) is 1.97. The summed E-state index contributed by atoms with van der Waals surface area (Å²) in [6.07, 6.45) is 1.68. The van der Waals surface area contributed by atoms with Crippen molar-refractivity contribution in [2.24, 2.45) is 0 Å². The Bertz CT molecular complexity index is 854. The van der Waals surface area contributed by atoms with Gasteiger partial charge in [-0.3, -0.25) is 9.59 Å². The lowest BCUT2D eigenvalue weighted by atomic mass is 10.1. The number of methoxy groups -OCH3 is 2. The van der Waals surface area contributed by atoms with Crippen LogP contribution < -0.4 is 14.8 Å². The first-order valence-corrected chi connectivity index (χ1v) is 10.7. The molecule has 31 heavy (non-hydrogen) atoms. The minimum atomic E-state index is -0.563. The van der Waals surface area contributed by atoms with Gasteiger partial charge >= 0.3 is 0 Å². The normalized spacial score (nSPS) is 12.5. The van der Waals surface area contributed by atoms with Crippen LogP contribution in [0.1, 0.15) is 44.7 Å². The Morgan fingerprint density at radius 1 is 0.968 bits per heavy atom. The van der Waals surface area contributed by atoms with Crippen LogP contribution in [0.4, 0.5) is 0 Å². The lowest BCUT2D eigenvalue weighted by molar-refractivity contribution is -0.140. The molecule has 168 valence electrons. The van der Waals surface area contributed by atoms with Gasteiger partial charge in [0.05, 0.1) is 14.2 Å². The van der Waals surface area contributed by atoms with Crippen LogP contribution in [0, 0.1) is 0 Å². The monoisotopic (exact) mass is 426 g/mol. The number of carbonyl (C=O) groups excluding carboxylic acids is 2. The molecule has 0 bridgehead atoms. The van der Waals surface area contributed by atoms with Crippen LogP contribution in [0.15, 0.2) is 48.5 Å². The van der Waals surface area contributed by atoms with Gasteiger partial charge in [-0.25, -0.2) is 0 Å². The Morgan fingerprint density at radius 2 is 1.65 bits per heavy atom. The number of carbonyl (C=O) groups is 2. The van der Waals surface area contributed by atoms with E-state index >= 15 is 0 Å². The van der Waals surface area contributed by atoms with Crippen molar-refractivity contribution < 1.29 is 19.1 Å². The van der Waals surface area contributed by atoms with Crippen molar-refractivity contribution >= 4 is 11.8 Å². The van der Waals surface area contributed by atoms with Crippen molar-refractivity contribution in [3.8, 4) is 11.5 Å². The molecule has 0 spiro atoms. The largest absolute Gasteiger partial charge is 0.493 e. The number of hydrogen-bond acceptors (Lipinski definition) is 4. The summed E-state index contributed by atoms with van der Waals surface area (Å²) in [7, 11) is 3.18. The highest BCUT2D eigenvalue weighted by Gasteiger charge is 2.26. The van der Waals surface area contributed by atoms with E-state index in [2.05, 4.69) is 5.32 Å². The molecule has 0 aliphatic heterocycles.